The fourth-order valence-corrected chi connectivity index (χ4v) is 2.15. The Kier molecular flexibility index (Phi) is 3.81. The highest BCUT2D eigenvalue weighted by atomic mass is 79.9. The summed E-state index contributed by atoms with van der Waals surface area (Å²) in [5, 5.41) is 6.33. The maximum Gasteiger partial charge on any atom is 0.150 e. The second-order valence-corrected chi connectivity index (χ2v) is 4.80. The Morgan fingerprint density at radius 1 is 1.11 bits per heavy atom. The van der Waals surface area contributed by atoms with Crippen molar-refractivity contribution in [2.24, 2.45) is 0 Å². The third kappa shape index (κ3) is 2.46. The molecule has 0 bridgehead atoms. The Morgan fingerprint density at radius 2 is 1.83 bits per heavy atom. The Morgan fingerprint density at radius 3 is 2.56 bits per heavy atom. The van der Waals surface area contributed by atoms with Crippen molar-refractivity contribution in [2.45, 2.75) is 13.8 Å². The molecule has 2 N–H and O–H groups in total. The molecule has 1 heterocycles. The van der Waals surface area contributed by atoms with Crippen molar-refractivity contribution >= 4 is 33.3 Å². The van der Waals surface area contributed by atoms with Crippen LogP contribution in [0.25, 0.3) is 0 Å². The van der Waals surface area contributed by atoms with Gasteiger partial charge in [0, 0.05) is 12.7 Å². The summed E-state index contributed by atoms with van der Waals surface area (Å²) in [4.78, 5) is 8.37. The van der Waals surface area contributed by atoms with Crippen LogP contribution in [-0.4, -0.2) is 17.0 Å². The lowest BCUT2D eigenvalue weighted by Gasteiger charge is -2.13. The monoisotopic (exact) mass is 306 g/mol. The summed E-state index contributed by atoms with van der Waals surface area (Å²) < 4.78 is 0.827. The fourth-order valence-electron chi connectivity index (χ4n) is 1.65. The van der Waals surface area contributed by atoms with Crippen molar-refractivity contribution in [2.75, 3.05) is 17.7 Å². The van der Waals surface area contributed by atoms with Crippen molar-refractivity contribution < 1.29 is 0 Å². The number of halogens is 1. The van der Waals surface area contributed by atoms with Gasteiger partial charge in [0.25, 0.3) is 0 Å². The SMILES string of the molecule is CNc1ncnc(Nc2cccc(C)c2C)c1Br. The first-order chi connectivity index (χ1) is 8.63. The van der Waals surface area contributed by atoms with Gasteiger partial charge in [-0.2, -0.15) is 0 Å². The van der Waals surface area contributed by atoms with E-state index in [1.54, 1.807) is 0 Å². The quantitative estimate of drug-likeness (QED) is 0.909. The van der Waals surface area contributed by atoms with Crippen molar-refractivity contribution in [3.05, 3.63) is 40.1 Å². The highest BCUT2D eigenvalue weighted by Crippen LogP contribution is 2.30. The van der Waals surface area contributed by atoms with Crippen LogP contribution in [0.4, 0.5) is 17.3 Å². The van der Waals surface area contributed by atoms with E-state index in [0.717, 1.165) is 21.8 Å². The van der Waals surface area contributed by atoms with Crippen LogP contribution in [0.5, 0.6) is 0 Å². The molecule has 5 heteroatoms. The van der Waals surface area contributed by atoms with Gasteiger partial charge in [0.15, 0.2) is 0 Å². The molecule has 4 nitrogen and oxygen atoms in total. The van der Waals surface area contributed by atoms with E-state index in [-0.39, 0.29) is 0 Å². The third-order valence-corrected chi connectivity index (χ3v) is 3.64. The van der Waals surface area contributed by atoms with Gasteiger partial charge < -0.3 is 10.6 Å². The van der Waals surface area contributed by atoms with E-state index < -0.39 is 0 Å². The normalized spacial score (nSPS) is 10.2. The minimum Gasteiger partial charge on any atom is -0.372 e. The molecule has 0 amide bonds. The zero-order valence-corrected chi connectivity index (χ0v) is 12.2. The lowest BCUT2D eigenvalue weighted by molar-refractivity contribution is 1.14. The van der Waals surface area contributed by atoms with Crippen LogP contribution < -0.4 is 10.6 Å². The first kappa shape index (κ1) is 12.8. The number of aryl methyl sites for hydroxylation is 1. The molecule has 1 aromatic heterocycles. The molecule has 2 rings (SSSR count). The summed E-state index contributed by atoms with van der Waals surface area (Å²) >= 11 is 3.49. The Hall–Kier alpha value is -1.62. The molecule has 0 radical (unpaired) electrons. The molecule has 0 aliphatic rings. The van der Waals surface area contributed by atoms with Gasteiger partial charge in [0.05, 0.1) is 0 Å². The number of nitrogens with zero attached hydrogens (tertiary/aromatic N) is 2. The van der Waals surface area contributed by atoms with Gasteiger partial charge >= 0.3 is 0 Å². The highest BCUT2D eigenvalue weighted by molar-refractivity contribution is 9.10. The lowest BCUT2D eigenvalue weighted by Crippen LogP contribution is -2.01. The Labute approximate surface area is 115 Å². The largest absolute Gasteiger partial charge is 0.372 e. The Balaban J connectivity index is 2.37. The summed E-state index contributed by atoms with van der Waals surface area (Å²) in [5.41, 5.74) is 3.52. The van der Waals surface area contributed by atoms with Gasteiger partial charge in [0.1, 0.15) is 22.4 Å². The van der Waals surface area contributed by atoms with Crippen LogP contribution in [0.1, 0.15) is 11.1 Å². The molecular formula is C13H15BrN4. The standard InChI is InChI=1S/C13H15BrN4/c1-8-5-4-6-10(9(8)2)18-13-11(14)12(15-3)16-7-17-13/h4-7H,1-3H3,(H2,15,16,17,18). The Bertz CT molecular complexity index is 569. The summed E-state index contributed by atoms with van der Waals surface area (Å²) in [6.07, 6.45) is 1.53. The van der Waals surface area contributed by atoms with Crippen LogP contribution in [0.2, 0.25) is 0 Å². The van der Waals surface area contributed by atoms with Crippen LogP contribution in [0, 0.1) is 13.8 Å². The minimum absolute atomic E-state index is 0.753. The molecule has 0 aliphatic carbocycles. The topological polar surface area (TPSA) is 49.8 Å². The average molecular weight is 307 g/mol. The zero-order valence-electron chi connectivity index (χ0n) is 10.6. The summed E-state index contributed by atoms with van der Waals surface area (Å²) in [6.45, 7) is 4.18. The van der Waals surface area contributed by atoms with Gasteiger partial charge in [-0.25, -0.2) is 9.97 Å². The smallest absolute Gasteiger partial charge is 0.150 e. The van der Waals surface area contributed by atoms with Gasteiger partial charge in [-0.3, -0.25) is 0 Å². The molecule has 0 atom stereocenters. The van der Waals surface area contributed by atoms with Crippen LogP contribution in [0.3, 0.4) is 0 Å². The number of benzene rings is 1. The van der Waals surface area contributed by atoms with Gasteiger partial charge in [-0.05, 0) is 47.0 Å². The van der Waals surface area contributed by atoms with E-state index in [0.29, 0.717) is 0 Å². The molecule has 0 aliphatic heterocycles. The molecule has 94 valence electrons. The van der Waals surface area contributed by atoms with Gasteiger partial charge in [0.2, 0.25) is 0 Å². The number of nitrogens with one attached hydrogen (secondary N) is 2. The minimum atomic E-state index is 0.753. The van der Waals surface area contributed by atoms with Crippen LogP contribution in [0.15, 0.2) is 29.0 Å². The molecule has 1 aromatic carbocycles. The summed E-state index contributed by atoms with van der Waals surface area (Å²) in [7, 11) is 1.83. The van der Waals surface area contributed by atoms with E-state index in [4.69, 9.17) is 0 Å². The van der Waals surface area contributed by atoms with Crippen molar-refractivity contribution in [3.8, 4) is 0 Å². The first-order valence-electron chi connectivity index (χ1n) is 5.65. The molecule has 0 saturated carbocycles. The molecule has 18 heavy (non-hydrogen) atoms. The third-order valence-electron chi connectivity index (χ3n) is 2.88. The lowest BCUT2D eigenvalue weighted by atomic mass is 10.1. The maximum absolute atomic E-state index is 4.24. The van der Waals surface area contributed by atoms with Crippen molar-refractivity contribution in [1.82, 2.24) is 9.97 Å². The molecule has 0 saturated heterocycles. The first-order valence-corrected chi connectivity index (χ1v) is 6.44. The average Bonchev–Trinajstić information content (AvgIpc) is 2.37. The van der Waals surface area contributed by atoms with E-state index in [9.17, 15) is 0 Å². The van der Waals surface area contributed by atoms with E-state index in [1.807, 2.05) is 19.2 Å². The molecule has 0 spiro atoms. The predicted octanol–water partition coefficient (Wildman–Crippen LogP) is 3.64. The second kappa shape index (κ2) is 5.35. The molecule has 0 unspecified atom stereocenters. The predicted molar refractivity (Wildman–Crippen MR) is 78.5 cm³/mol. The zero-order chi connectivity index (χ0) is 13.1. The number of hydrogen-bond donors (Lipinski definition) is 2. The van der Waals surface area contributed by atoms with Crippen LogP contribution >= 0.6 is 15.9 Å². The van der Waals surface area contributed by atoms with E-state index >= 15 is 0 Å². The molecule has 2 aromatic rings. The maximum atomic E-state index is 4.24. The number of aromatic nitrogens is 2. The summed E-state index contributed by atoms with van der Waals surface area (Å²) in [5.74, 6) is 1.51. The van der Waals surface area contributed by atoms with E-state index in [2.05, 4.69) is 56.4 Å². The van der Waals surface area contributed by atoms with Gasteiger partial charge in [-0.1, -0.05) is 12.1 Å². The number of rotatable bonds is 3. The number of hydrogen-bond acceptors (Lipinski definition) is 4. The highest BCUT2D eigenvalue weighted by Gasteiger charge is 2.09. The van der Waals surface area contributed by atoms with Crippen LogP contribution in [-0.2, 0) is 0 Å². The number of anilines is 3. The van der Waals surface area contributed by atoms with E-state index in [1.165, 1.54) is 17.5 Å². The molecular weight excluding hydrogens is 292 g/mol. The fraction of sp³-hybridized carbons (Fsp3) is 0.231. The summed E-state index contributed by atoms with van der Waals surface area (Å²) in [6, 6.07) is 6.16. The molecule has 0 fully saturated rings. The van der Waals surface area contributed by atoms with Crippen molar-refractivity contribution in [1.29, 1.82) is 0 Å². The van der Waals surface area contributed by atoms with Crippen molar-refractivity contribution in [3.63, 3.8) is 0 Å². The van der Waals surface area contributed by atoms with Gasteiger partial charge in [-0.15, -0.1) is 0 Å². The second-order valence-electron chi connectivity index (χ2n) is 4.01.